The second-order valence-electron chi connectivity index (χ2n) is 9.81. The zero-order valence-electron chi connectivity index (χ0n) is 24.8. The number of ether oxygens (including phenoxy) is 4. The van der Waals surface area contributed by atoms with Gasteiger partial charge in [-0.1, -0.05) is 60.1 Å². The quantitative estimate of drug-likeness (QED) is 0.0765. The number of benzene rings is 1. The SMILES string of the molecule is CCC=CCC(CC(=O)OC(CCS(=O)(=O)c1ccccc1)CC(=O)OC(CBr)CC(C)=O)OC(=O)CC(CC)OC. The van der Waals surface area contributed by atoms with Crippen molar-refractivity contribution < 1.29 is 46.5 Å². The number of hydrogen-bond donors (Lipinski definition) is 0. The van der Waals surface area contributed by atoms with Crippen LogP contribution in [-0.2, 0) is 48.0 Å². The molecule has 0 fully saturated rings. The Morgan fingerprint density at radius 1 is 0.810 bits per heavy atom. The summed E-state index contributed by atoms with van der Waals surface area (Å²) in [6.45, 7) is 5.20. The van der Waals surface area contributed by atoms with E-state index >= 15 is 0 Å². The zero-order valence-corrected chi connectivity index (χ0v) is 27.2. The van der Waals surface area contributed by atoms with E-state index in [2.05, 4.69) is 15.9 Å². The van der Waals surface area contributed by atoms with Gasteiger partial charge in [-0.25, -0.2) is 8.42 Å². The molecule has 0 aliphatic rings. The van der Waals surface area contributed by atoms with Gasteiger partial charge in [0.25, 0.3) is 0 Å². The highest BCUT2D eigenvalue weighted by Crippen LogP contribution is 2.18. The van der Waals surface area contributed by atoms with Crippen LogP contribution in [0.15, 0.2) is 47.4 Å². The molecule has 0 amide bonds. The number of alkyl halides is 1. The molecule has 0 spiro atoms. The van der Waals surface area contributed by atoms with Gasteiger partial charge in [-0.2, -0.15) is 0 Å². The molecular formula is C30H43BrO10S. The number of rotatable bonds is 21. The number of Topliss-reactive ketones (excluding diaryl/α,β-unsaturated/α-hetero) is 1. The molecule has 1 aromatic rings. The van der Waals surface area contributed by atoms with E-state index in [-0.39, 0.29) is 60.0 Å². The van der Waals surface area contributed by atoms with Crippen LogP contribution in [0.2, 0.25) is 0 Å². The third kappa shape index (κ3) is 15.6. The average Bonchev–Trinajstić information content (AvgIpc) is 2.94. The first kappa shape index (κ1) is 37.5. The number of esters is 3. The van der Waals surface area contributed by atoms with Crippen LogP contribution in [0.4, 0.5) is 0 Å². The molecule has 4 atom stereocenters. The molecule has 12 heteroatoms. The van der Waals surface area contributed by atoms with Gasteiger partial charge >= 0.3 is 17.9 Å². The molecular weight excluding hydrogens is 632 g/mol. The number of halogens is 1. The van der Waals surface area contributed by atoms with Crippen LogP contribution in [0.5, 0.6) is 0 Å². The Kier molecular flexibility index (Phi) is 18.2. The van der Waals surface area contributed by atoms with Crippen molar-refractivity contribution in [3.8, 4) is 0 Å². The zero-order chi connectivity index (χ0) is 31.5. The Balaban J connectivity index is 3.03. The maximum absolute atomic E-state index is 13.0. The molecule has 0 aliphatic heterocycles. The highest BCUT2D eigenvalue weighted by Gasteiger charge is 2.27. The number of carbonyl (C=O) groups excluding carboxylic acids is 4. The summed E-state index contributed by atoms with van der Waals surface area (Å²) in [6, 6.07) is 7.81. The fourth-order valence-electron chi connectivity index (χ4n) is 3.93. The van der Waals surface area contributed by atoms with Crippen LogP contribution >= 0.6 is 15.9 Å². The molecule has 1 rings (SSSR count). The molecule has 0 heterocycles. The molecule has 0 saturated carbocycles. The molecule has 0 aliphatic carbocycles. The average molecular weight is 676 g/mol. The maximum atomic E-state index is 13.0. The van der Waals surface area contributed by atoms with Crippen molar-refractivity contribution in [3.05, 3.63) is 42.5 Å². The van der Waals surface area contributed by atoms with Gasteiger partial charge in [-0.3, -0.25) is 19.2 Å². The van der Waals surface area contributed by atoms with E-state index in [0.717, 1.165) is 6.42 Å². The van der Waals surface area contributed by atoms with Gasteiger partial charge in [0, 0.05) is 25.3 Å². The standard InChI is InChI=1S/C30H43BrO10S/c1-5-7-9-12-24(39-28(33)18-23(6-2)38-4)19-29(34)40-25(20-30(35)41-26(21-31)17-22(3)32)15-16-42(36,37)27-13-10-8-11-14-27/h7-11,13-14,23-26H,5-6,12,15-21H2,1-4H3. The summed E-state index contributed by atoms with van der Waals surface area (Å²) in [5.74, 6) is -2.57. The van der Waals surface area contributed by atoms with Crippen LogP contribution < -0.4 is 0 Å². The summed E-state index contributed by atoms with van der Waals surface area (Å²) in [7, 11) is -2.22. The van der Waals surface area contributed by atoms with E-state index in [1.165, 1.54) is 26.2 Å². The molecule has 236 valence electrons. The molecule has 0 bridgehead atoms. The second kappa shape index (κ2) is 20.4. The van der Waals surface area contributed by atoms with E-state index in [1.807, 2.05) is 19.9 Å². The van der Waals surface area contributed by atoms with Crippen molar-refractivity contribution in [2.24, 2.45) is 0 Å². The van der Waals surface area contributed by atoms with Crippen molar-refractivity contribution in [3.63, 3.8) is 0 Å². The lowest BCUT2D eigenvalue weighted by Gasteiger charge is -2.22. The summed E-state index contributed by atoms with van der Waals surface area (Å²) in [6.07, 6.45) is 1.48. The van der Waals surface area contributed by atoms with Gasteiger partial charge in [0.15, 0.2) is 9.84 Å². The lowest BCUT2D eigenvalue weighted by atomic mass is 10.1. The molecule has 42 heavy (non-hydrogen) atoms. The maximum Gasteiger partial charge on any atom is 0.309 e. The Morgan fingerprint density at radius 3 is 1.88 bits per heavy atom. The fraction of sp³-hybridized carbons (Fsp3) is 0.600. The Morgan fingerprint density at radius 2 is 1.36 bits per heavy atom. The predicted octanol–water partition coefficient (Wildman–Crippen LogP) is 4.91. The van der Waals surface area contributed by atoms with E-state index in [4.69, 9.17) is 18.9 Å². The third-order valence-electron chi connectivity index (χ3n) is 6.17. The number of ketones is 1. The number of allylic oxidation sites excluding steroid dienone is 1. The fourth-order valence-corrected chi connectivity index (χ4v) is 5.67. The van der Waals surface area contributed by atoms with Gasteiger partial charge in [0.1, 0.15) is 24.1 Å². The van der Waals surface area contributed by atoms with E-state index < -0.39 is 52.5 Å². The highest BCUT2D eigenvalue weighted by atomic mass is 79.9. The van der Waals surface area contributed by atoms with Crippen molar-refractivity contribution in [1.29, 1.82) is 0 Å². The first-order valence-electron chi connectivity index (χ1n) is 14.0. The number of methoxy groups -OCH3 is 1. The summed E-state index contributed by atoms with van der Waals surface area (Å²) in [5, 5.41) is 0.228. The molecule has 0 aromatic heterocycles. The monoisotopic (exact) mass is 674 g/mol. The van der Waals surface area contributed by atoms with Crippen LogP contribution in [0.3, 0.4) is 0 Å². The normalized spacial score (nSPS) is 14.5. The van der Waals surface area contributed by atoms with Crippen molar-refractivity contribution in [2.45, 2.75) is 101 Å². The molecule has 0 radical (unpaired) electrons. The summed E-state index contributed by atoms with van der Waals surface area (Å²) in [4.78, 5) is 49.8. The second-order valence-corrected chi connectivity index (χ2v) is 12.6. The van der Waals surface area contributed by atoms with Gasteiger partial charge in [-0.05, 0) is 38.3 Å². The van der Waals surface area contributed by atoms with Crippen molar-refractivity contribution in [1.82, 2.24) is 0 Å². The van der Waals surface area contributed by atoms with Crippen LogP contribution in [0.1, 0.15) is 72.1 Å². The van der Waals surface area contributed by atoms with Crippen molar-refractivity contribution in [2.75, 3.05) is 18.2 Å². The number of carbonyl (C=O) groups is 4. The van der Waals surface area contributed by atoms with Crippen LogP contribution in [0, 0.1) is 0 Å². The molecule has 0 N–H and O–H groups in total. The van der Waals surface area contributed by atoms with E-state index in [0.29, 0.717) is 6.42 Å². The van der Waals surface area contributed by atoms with Gasteiger partial charge in [0.2, 0.25) is 0 Å². The first-order valence-corrected chi connectivity index (χ1v) is 16.8. The largest absolute Gasteiger partial charge is 0.462 e. The van der Waals surface area contributed by atoms with Gasteiger partial charge in [0.05, 0.1) is 36.0 Å². The van der Waals surface area contributed by atoms with E-state index in [1.54, 1.807) is 24.3 Å². The minimum absolute atomic E-state index is 0.00408. The summed E-state index contributed by atoms with van der Waals surface area (Å²) < 4.78 is 47.4. The minimum atomic E-state index is -3.73. The molecule has 1 aromatic carbocycles. The predicted molar refractivity (Wildman–Crippen MR) is 161 cm³/mol. The lowest BCUT2D eigenvalue weighted by Crippen LogP contribution is -2.30. The van der Waals surface area contributed by atoms with Crippen LogP contribution in [-0.4, -0.2) is 74.7 Å². The number of sulfone groups is 1. The summed E-state index contributed by atoms with van der Waals surface area (Å²) >= 11 is 3.21. The number of hydrogen-bond acceptors (Lipinski definition) is 10. The smallest absolute Gasteiger partial charge is 0.309 e. The Hall–Kier alpha value is -2.57. The minimum Gasteiger partial charge on any atom is -0.462 e. The lowest BCUT2D eigenvalue weighted by molar-refractivity contribution is -0.161. The third-order valence-corrected chi connectivity index (χ3v) is 8.65. The highest BCUT2D eigenvalue weighted by molar-refractivity contribution is 9.09. The topological polar surface area (TPSA) is 139 Å². The Bertz CT molecular complexity index is 1120. The van der Waals surface area contributed by atoms with Gasteiger partial charge in [-0.15, -0.1) is 0 Å². The molecule has 4 unspecified atom stereocenters. The van der Waals surface area contributed by atoms with Crippen molar-refractivity contribution >= 4 is 49.5 Å². The Labute approximate surface area is 257 Å². The van der Waals surface area contributed by atoms with E-state index in [9.17, 15) is 27.6 Å². The first-order chi connectivity index (χ1) is 19.9. The van der Waals surface area contributed by atoms with Crippen LogP contribution in [0.25, 0.3) is 0 Å². The summed E-state index contributed by atoms with van der Waals surface area (Å²) in [5.41, 5.74) is 0. The van der Waals surface area contributed by atoms with Gasteiger partial charge < -0.3 is 18.9 Å². The molecule has 10 nitrogen and oxygen atoms in total. The molecule has 0 saturated heterocycles.